The zero-order valence-electron chi connectivity index (χ0n) is 25.6. The molecule has 1 aromatic carbocycles. The van der Waals surface area contributed by atoms with E-state index in [1.165, 1.54) is 12.0 Å². The van der Waals surface area contributed by atoms with Crippen molar-refractivity contribution >= 4 is 23.4 Å². The number of hydrogen-bond acceptors (Lipinski definition) is 5. The van der Waals surface area contributed by atoms with Gasteiger partial charge in [-0.2, -0.15) is 0 Å². The molecule has 2 bridgehead atoms. The van der Waals surface area contributed by atoms with Gasteiger partial charge in [-0.3, -0.25) is 14.4 Å². The van der Waals surface area contributed by atoms with E-state index >= 15 is 0 Å². The number of nitrogens with one attached hydrogen (secondary N) is 2. The van der Waals surface area contributed by atoms with Gasteiger partial charge in [-0.1, -0.05) is 78.7 Å². The first-order valence-corrected chi connectivity index (χ1v) is 15.7. The lowest BCUT2D eigenvalue weighted by molar-refractivity contribution is -0.141. The van der Waals surface area contributed by atoms with Crippen LogP contribution in [0.3, 0.4) is 0 Å². The summed E-state index contributed by atoms with van der Waals surface area (Å²) in [5.74, 6) is -0.709. The molecular formula is C33H48N4O4. The number of amides is 3. The molecule has 8 nitrogen and oxygen atoms in total. The molecule has 4 aliphatic rings. The number of fused-ring (bicyclic) bond motifs is 1. The first kappa shape index (κ1) is 29.8. The number of carbonyl (C=O) groups is 3. The number of ether oxygens (including phenoxy) is 1. The number of likely N-dealkylation sites (tertiary alicyclic amines) is 1. The van der Waals surface area contributed by atoms with Gasteiger partial charge in [0, 0.05) is 24.8 Å². The van der Waals surface area contributed by atoms with Crippen molar-refractivity contribution in [1.82, 2.24) is 15.1 Å². The van der Waals surface area contributed by atoms with E-state index < -0.39 is 29.6 Å². The van der Waals surface area contributed by atoms with Gasteiger partial charge in [0.15, 0.2) is 0 Å². The zero-order chi connectivity index (χ0) is 29.5. The molecule has 1 saturated carbocycles. The van der Waals surface area contributed by atoms with Crippen molar-refractivity contribution in [3.8, 4) is 0 Å². The van der Waals surface area contributed by atoms with E-state index in [1.54, 1.807) is 4.90 Å². The number of hydrogen-bond donors (Lipinski definition) is 2. The first-order chi connectivity index (χ1) is 19.6. The van der Waals surface area contributed by atoms with Crippen molar-refractivity contribution < 1.29 is 19.1 Å². The number of rotatable bonds is 10. The van der Waals surface area contributed by atoms with E-state index in [0.717, 1.165) is 25.9 Å². The summed E-state index contributed by atoms with van der Waals surface area (Å²) >= 11 is 0. The maximum atomic E-state index is 14.2. The molecule has 3 aliphatic heterocycles. The second-order valence-corrected chi connectivity index (χ2v) is 12.9. The Morgan fingerprint density at radius 2 is 1.80 bits per heavy atom. The summed E-state index contributed by atoms with van der Waals surface area (Å²) in [6.07, 6.45) is 6.44. The molecule has 1 aliphatic carbocycles. The third kappa shape index (κ3) is 5.34. The van der Waals surface area contributed by atoms with Crippen LogP contribution in [-0.2, 0) is 19.1 Å². The standard InChI is InChI=1S/C33H48N4O4/c1-7-36(8-2)18-19-37-29(31(39)35-25-11-9-10-21(5)22(25)6)33-17-16-26(41-33)27(28(33)32(37)40)30(38)34-24-14-12-23(13-15-24)20(3)4/h12-17,20-22,25-29H,7-11,18-19H2,1-6H3,(H,34,38)(H,35,39)/t21-,22-,25-,26-,27-,28-,29+,33+/m1/s1. The zero-order valence-corrected chi connectivity index (χ0v) is 25.6. The molecule has 0 aromatic heterocycles. The van der Waals surface area contributed by atoms with E-state index in [0.29, 0.717) is 36.5 Å². The van der Waals surface area contributed by atoms with Crippen LogP contribution >= 0.6 is 0 Å². The molecule has 3 amide bonds. The fraction of sp³-hybridized carbons (Fsp3) is 0.667. The Hall–Kier alpha value is -2.71. The third-order valence-corrected chi connectivity index (χ3v) is 10.4. The Morgan fingerprint density at radius 1 is 1.10 bits per heavy atom. The monoisotopic (exact) mass is 564 g/mol. The fourth-order valence-corrected chi connectivity index (χ4v) is 7.52. The molecule has 1 aromatic rings. The highest BCUT2D eigenvalue weighted by molar-refractivity contribution is 6.02. The molecule has 3 fully saturated rings. The second kappa shape index (κ2) is 11.9. The highest BCUT2D eigenvalue weighted by Crippen LogP contribution is 2.55. The van der Waals surface area contributed by atoms with Crippen LogP contribution in [-0.4, -0.2) is 77.5 Å². The predicted molar refractivity (Wildman–Crippen MR) is 160 cm³/mol. The van der Waals surface area contributed by atoms with E-state index in [4.69, 9.17) is 4.74 Å². The largest absolute Gasteiger partial charge is 0.359 e. The molecular weight excluding hydrogens is 516 g/mol. The van der Waals surface area contributed by atoms with Crippen LogP contribution < -0.4 is 10.6 Å². The van der Waals surface area contributed by atoms with Crippen LogP contribution in [0.15, 0.2) is 36.4 Å². The Labute approximate surface area is 245 Å². The highest BCUT2D eigenvalue weighted by Gasteiger charge is 2.72. The minimum absolute atomic E-state index is 0.0666. The molecule has 224 valence electrons. The second-order valence-electron chi connectivity index (χ2n) is 12.9. The summed E-state index contributed by atoms with van der Waals surface area (Å²) < 4.78 is 6.53. The number of benzene rings is 1. The minimum Gasteiger partial charge on any atom is -0.359 e. The van der Waals surface area contributed by atoms with Gasteiger partial charge in [0.25, 0.3) is 0 Å². The lowest BCUT2D eigenvalue weighted by Crippen LogP contribution is -2.58. The van der Waals surface area contributed by atoms with Gasteiger partial charge in [0.1, 0.15) is 11.6 Å². The lowest BCUT2D eigenvalue weighted by atomic mass is 9.73. The maximum Gasteiger partial charge on any atom is 0.246 e. The summed E-state index contributed by atoms with van der Waals surface area (Å²) in [4.78, 5) is 46.1. The van der Waals surface area contributed by atoms with Crippen LogP contribution in [0.2, 0.25) is 0 Å². The van der Waals surface area contributed by atoms with Crippen LogP contribution in [0, 0.1) is 23.7 Å². The van der Waals surface area contributed by atoms with Crippen molar-refractivity contribution in [2.24, 2.45) is 23.7 Å². The van der Waals surface area contributed by atoms with Gasteiger partial charge >= 0.3 is 0 Å². The van der Waals surface area contributed by atoms with E-state index in [1.807, 2.05) is 36.4 Å². The van der Waals surface area contributed by atoms with Gasteiger partial charge in [-0.05, 0) is 55.0 Å². The quantitative estimate of drug-likeness (QED) is 0.416. The first-order valence-electron chi connectivity index (χ1n) is 15.7. The van der Waals surface area contributed by atoms with Crippen molar-refractivity contribution in [3.05, 3.63) is 42.0 Å². The number of likely N-dealkylation sites (N-methyl/N-ethyl adjacent to an activating group) is 1. The molecule has 5 rings (SSSR count). The molecule has 3 heterocycles. The Balaban J connectivity index is 1.41. The van der Waals surface area contributed by atoms with E-state index in [-0.39, 0.29) is 23.8 Å². The number of carbonyl (C=O) groups excluding carboxylic acids is 3. The molecule has 0 unspecified atom stereocenters. The molecule has 0 radical (unpaired) electrons. The molecule has 2 saturated heterocycles. The van der Waals surface area contributed by atoms with E-state index in [9.17, 15) is 14.4 Å². The number of nitrogens with zero attached hydrogens (tertiary/aromatic N) is 2. The Kier molecular flexibility index (Phi) is 8.63. The predicted octanol–water partition coefficient (Wildman–Crippen LogP) is 4.18. The minimum atomic E-state index is -1.14. The smallest absolute Gasteiger partial charge is 0.246 e. The maximum absolute atomic E-state index is 14.2. The average molecular weight is 565 g/mol. The highest BCUT2D eigenvalue weighted by atomic mass is 16.5. The van der Waals surface area contributed by atoms with Gasteiger partial charge in [0.2, 0.25) is 17.7 Å². The van der Waals surface area contributed by atoms with Gasteiger partial charge in [-0.15, -0.1) is 0 Å². The molecule has 8 atom stereocenters. The lowest BCUT2D eigenvalue weighted by Gasteiger charge is -2.38. The van der Waals surface area contributed by atoms with Gasteiger partial charge < -0.3 is 25.2 Å². The molecule has 8 heteroatoms. The average Bonchev–Trinajstić information content (AvgIpc) is 3.59. The molecule has 1 spiro atoms. The van der Waals surface area contributed by atoms with Crippen molar-refractivity contribution in [1.29, 1.82) is 0 Å². The van der Waals surface area contributed by atoms with Crippen molar-refractivity contribution in [2.75, 3.05) is 31.5 Å². The summed E-state index contributed by atoms with van der Waals surface area (Å²) in [5, 5.41) is 6.37. The van der Waals surface area contributed by atoms with Crippen LogP contribution in [0.1, 0.15) is 72.3 Å². The Morgan fingerprint density at radius 3 is 2.46 bits per heavy atom. The Bertz CT molecular complexity index is 1160. The summed E-state index contributed by atoms with van der Waals surface area (Å²) in [6, 6.07) is 7.11. The topological polar surface area (TPSA) is 91.0 Å². The fourth-order valence-electron chi connectivity index (χ4n) is 7.52. The third-order valence-electron chi connectivity index (χ3n) is 10.4. The SMILES string of the molecule is CCN(CC)CCN1C(=O)[C@H]2[C@H](C(=O)Nc3ccc(C(C)C)cc3)[C@H]3C=C[C@@]2(O3)[C@@H]1C(=O)N[C@@H]1CCC[C@@H](C)[C@H]1C. The van der Waals surface area contributed by atoms with Crippen LogP contribution in [0.5, 0.6) is 0 Å². The number of anilines is 1. The normalized spacial score (nSPS) is 34.0. The van der Waals surface area contributed by atoms with Crippen LogP contribution in [0.4, 0.5) is 5.69 Å². The van der Waals surface area contributed by atoms with Gasteiger partial charge in [-0.25, -0.2) is 0 Å². The summed E-state index contributed by atoms with van der Waals surface area (Å²) in [7, 11) is 0. The van der Waals surface area contributed by atoms with Crippen molar-refractivity contribution in [3.63, 3.8) is 0 Å². The van der Waals surface area contributed by atoms with Crippen molar-refractivity contribution in [2.45, 2.75) is 90.5 Å². The molecule has 41 heavy (non-hydrogen) atoms. The van der Waals surface area contributed by atoms with E-state index in [2.05, 4.69) is 57.1 Å². The molecule has 2 N–H and O–H groups in total. The van der Waals surface area contributed by atoms with Crippen LogP contribution in [0.25, 0.3) is 0 Å². The summed E-state index contributed by atoms with van der Waals surface area (Å²) in [6.45, 7) is 15.7. The summed E-state index contributed by atoms with van der Waals surface area (Å²) in [5.41, 5.74) is 0.750. The van der Waals surface area contributed by atoms with Gasteiger partial charge in [0.05, 0.1) is 17.9 Å².